The van der Waals surface area contributed by atoms with Gasteiger partial charge in [-0.3, -0.25) is 0 Å². The molecule has 0 radical (unpaired) electrons. The second-order valence-corrected chi connectivity index (χ2v) is 4.22. The second-order valence-electron chi connectivity index (χ2n) is 4.22. The Bertz CT molecular complexity index is 733. The first-order valence-electron chi connectivity index (χ1n) is 6.59. The molecule has 0 aliphatic heterocycles. The van der Waals surface area contributed by atoms with Gasteiger partial charge in [-0.15, -0.1) is 0 Å². The summed E-state index contributed by atoms with van der Waals surface area (Å²) in [5.74, 6) is -0.414. The third-order valence-corrected chi connectivity index (χ3v) is 2.88. The van der Waals surface area contributed by atoms with Crippen LogP contribution >= 0.6 is 0 Å². The molecule has 0 aliphatic carbocycles. The maximum atomic E-state index is 12.2. The quantitative estimate of drug-likeness (QED) is 0.620. The number of allylic oxidation sites excluding steroid dienone is 4. The lowest BCUT2D eigenvalue weighted by molar-refractivity contribution is 0.0526. The van der Waals surface area contributed by atoms with E-state index in [4.69, 9.17) is 4.74 Å². The second kappa shape index (κ2) is 6.61. The Morgan fingerprint density at radius 2 is 2.24 bits per heavy atom. The maximum absolute atomic E-state index is 12.2. The molecule has 0 unspecified atom stereocenters. The molecule has 0 fully saturated rings. The Balaban J connectivity index is 2.72. The summed E-state index contributed by atoms with van der Waals surface area (Å²) in [6, 6.07) is 5.39. The van der Waals surface area contributed by atoms with Gasteiger partial charge in [0.25, 0.3) is 0 Å². The predicted molar refractivity (Wildman–Crippen MR) is 83.9 cm³/mol. The number of esters is 1. The first-order valence-corrected chi connectivity index (χ1v) is 6.59. The van der Waals surface area contributed by atoms with Gasteiger partial charge in [-0.25, -0.2) is 14.8 Å². The summed E-state index contributed by atoms with van der Waals surface area (Å²) >= 11 is 0. The standard InChI is InChI=1S/C17H16N2O2/c1-4-8-12(5-2)15-14(17(20)21-6-3)11-13-9-7-10-18-16(13)19-15/h4-5,7-11H,1-2,6H2,3H3/b12-8+. The molecule has 2 heterocycles. The molecule has 21 heavy (non-hydrogen) atoms. The van der Waals surface area contributed by atoms with Crippen molar-refractivity contribution >= 4 is 22.6 Å². The first-order chi connectivity index (χ1) is 10.2. The third-order valence-electron chi connectivity index (χ3n) is 2.88. The average molecular weight is 280 g/mol. The lowest BCUT2D eigenvalue weighted by Gasteiger charge is -2.10. The van der Waals surface area contributed by atoms with Gasteiger partial charge >= 0.3 is 5.97 Å². The zero-order valence-electron chi connectivity index (χ0n) is 11.9. The molecule has 2 aromatic heterocycles. The molecule has 0 aliphatic rings. The average Bonchev–Trinajstić information content (AvgIpc) is 2.51. The highest BCUT2D eigenvalue weighted by molar-refractivity contribution is 5.99. The van der Waals surface area contributed by atoms with E-state index in [1.54, 1.807) is 43.5 Å². The highest BCUT2D eigenvalue weighted by Gasteiger charge is 2.17. The van der Waals surface area contributed by atoms with Crippen LogP contribution in [0.2, 0.25) is 0 Å². The minimum Gasteiger partial charge on any atom is -0.462 e. The number of hydrogen-bond acceptors (Lipinski definition) is 4. The maximum Gasteiger partial charge on any atom is 0.340 e. The Hall–Kier alpha value is -2.75. The molecule has 0 saturated carbocycles. The van der Waals surface area contributed by atoms with E-state index in [1.165, 1.54) is 0 Å². The van der Waals surface area contributed by atoms with Crippen LogP contribution in [0.25, 0.3) is 16.6 Å². The minimum atomic E-state index is -0.414. The van der Waals surface area contributed by atoms with Gasteiger partial charge in [-0.2, -0.15) is 0 Å². The number of nitrogens with zero attached hydrogens (tertiary/aromatic N) is 2. The molecule has 0 amide bonds. The highest BCUT2D eigenvalue weighted by atomic mass is 16.5. The number of ether oxygens (including phenoxy) is 1. The van der Waals surface area contributed by atoms with E-state index in [0.717, 1.165) is 5.39 Å². The molecule has 0 atom stereocenters. The fourth-order valence-corrected chi connectivity index (χ4v) is 1.96. The van der Waals surface area contributed by atoms with Crippen molar-refractivity contribution in [2.75, 3.05) is 6.61 Å². The van der Waals surface area contributed by atoms with Crippen LogP contribution in [0.15, 0.2) is 55.8 Å². The Kier molecular flexibility index (Phi) is 4.61. The van der Waals surface area contributed by atoms with E-state index in [2.05, 4.69) is 23.1 Å². The van der Waals surface area contributed by atoms with Crippen LogP contribution in [0.1, 0.15) is 23.0 Å². The van der Waals surface area contributed by atoms with E-state index in [1.807, 2.05) is 6.07 Å². The molecule has 0 spiro atoms. The van der Waals surface area contributed by atoms with Crippen LogP contribution in [0.3, 0.4) is 0 Å². The van der Waals surface area contributed by atoms with E-state index < -0.39 is 5.97 Å². The fraction of sp³-hybridized carbons (Fsp3) is 0.118. The smallest absolute Gasteiger partial charge is 0.340 e. The van der Waals surface area contributed by atoms with Crippen molar-refractivity contribution in [3.8, 4) is 0 Å². The van der Waals surface area contributed by atoms with Crippen molar-refractivity contribution in [3.63, 3.8) is 0 Å². The number of pyridine rings is 2. The number of carbonyl (C=O) groups is 1. The van der Waals surface area contributed by atoms with Gasteiger partial charge in [0.2, 0.25) is 0 Å². The molecular formula is C17H16N2O2. The van der Waals surface area contributed by atoms with Crippen LogP contribution in [0.5, 0.6) is 0 Å². The molecule has 0 bridgehead atoms. The third kappa shape index (κ3) is 3.05. The lowest BCUT2D eigenvalue weighted by atomic mass is 10.0. The first kappa shape index (κ1) is 14.7. The number of carbonyl (C=O) groups excluding carboxylic acids is 1. The van der Waals surface area contributed by atoms with Gasteiger partial charge in [0.05, 0.1) is 17.9 Å². The molecule has 2 rings (SSSR count). The van der Waals surface area contributed by atoms with E-state index in [9.17, 15) is 4.79 Å². The molecule has 4 nitrogen and oxygen atoms in total. The Labute approximate surface area is 123 Å². The van der Waals surface area contributed by atoms with E-state index in [0.29, 0.717) is 29.1 Å². The predicted octanol–water partition coefficient (Wildman–Crippen LogP) is 3.56. The van der Waals surface area contributed by atoms with Gasteiger partial charge in [-0.1, -0.05) is 31.4 Å². The minimum absolute atomic E-state index is 0.304. The Morgan fingerprint density at radius 1 is 1.43 bits per heavy atom. The van der Waals surface area contributed by atoms with Crippen molar-refractivity contribution in [1.29, 1.82) is 0 Å². The summed E-state index contributed by atoms with van der Waals surface area (Å²) in [6.07, 6.45) is 6.65. The van der Waals surface area contributed by atoms with Gasteiger partial charge in [0.1, 0.15) is 0 Å². The zero-order valence-corrected chi connectivity index (χ0v) is 11.9. The molecule has 0 N–H and O–H groups in total. The molecule has 4 heteroatoms. The lowest BCUT2D eigenvalue weighted by Crippen LogP contribution is -2.09. The van der Waals surface area contributed by atoms with Crippen molar-refractivity contribution in [2.45, 2.75) is 6.92 Å². The monoisotopic (exact) mass is 280 g/mol. The van der Waals surface area contributed by atoms with Crippen LogP contribution in [-0.2, 0) is 4.74 Å². The van der Waals surface area contributed by atoms with Crippen LogP contribution in [0, 0.1) is 0 Å². The topological polar surface area (TPSA) is 52.1 Å². The van der Waals surface area contributed by atoms with Crippen molar-refractivity contribution in [2.24, 2.45) is 0 Å². The van der Waals surface area contributed by atoms with Crippen molar-refractivity contribution in [1.82, 2.24) is 9.97 Å². The van der Waals surface area contributed by atoms with Gasteiger partial charge in [-0.05, 0) is 25.1 Å². The summed E-state index contributed by atoms with van der Waals surface area (Å²) in [7, 11) is 0. The van der Waals surface area contributed by atoms with Crippen molar-refractivity contribution < 1.29 is 9.53 Å². The number of aromatic nitrogens is 2. The summed E-state index contributed by atoms with van der Waals surface area (Å²) < 4.78 is 5.10. The molecular weight excluding hydrogens is 264 g/mol. The molecule has 0 aromatic carbocycles. The summed E-state index contributed by atoms with van der Waals surface area (Å²) in [5, 5.41) is 0.784. The summed E-state index contributed by atoms with van der Waals surface area (Å²) in [6.45, 7) is 9.49. The van der Waals surface area contributed by atoms with Gasteiger partial charge in [0.15, 0.2) is 5.65 Å². The van der Waals surface area contributed by atoms with Gasteiger partial charge < -0.3 is 4.74 Å². The zero-order chi connectivity index (χ0) is 15.2. The highest BCUT2D eigenvalue weighted by Crippen LogP contribution is 2.23. The van der Waals surface area contributed by atoms with Gasteiger partial charge in [0, 0.05) is 17.2 Å². The molecule has 106 valence electrons. The van der Waals surface area contributed by atoms with Crippen molar-refractivity contribution in [3.05, 3.63) is 67.0 Å². The SMILES string of the molecule is C=C/C=C(\C=C)c1nc2ncccc2cc1C(=O)OCC. The number of fused-ring (bicyclic) bond motifs is 1. The van der Waals surface area contributed by atoms with Crippen LogP contribution < -0.4 is 0 Å². The number of rotatable bonds is 5. The fourth-order valence-electron chi connectivity index (χ4n) is 1.96. The Morgan fingerprint density at radius 3 is 2.90 bits per heavy atom. The van der Waals surface area contributed by atoms with E-state index >= 15 is 0 Å². The summed E-state index contributed by atoms with van der Waals surface area (Å²) in [5.41, 5.74) is 2.15. The van der Waals surface area contributed by atoms with Crippen LogP contribution in [-0.4, -0.2) is 22.5 Å². The van der Waals surface area contributed by atoms with E-state index in [-0.39, 0.29) is 0 Å². The number of hydrogen-bond donors (Lipinski definition) is 0. The molecule has 2 aromatic rings. The normalized spacial score (nSPS) is 11.2. The largest absolute Gasteiger partial charge is 0.462 e. The summed E-state index contributed by atoms with van der Waals surface area (Å²) in [4.78, 5) is 20.8. The van der Waals surface area contributed by atoms with Crippen LogP contribution in [0.4, 0.5) is 0 Å². The molecule has 0 saturated heterocycles.